The van der Waals surface area contributed by atoms with E-state index in [-0.39, 0.29) is 5.75 Å². The summed E-state index contributed by atoms with van der Waals surface area (Å²) in [5.74, 6) is 0.168. The molecule has 5 heteroatoms. The van der Waals surface area contributed by atoms with E-state index < -0.39 is 0 Å². The molecule has 0 radical (unpaired) electrons. The maximum absolute atomic E-state index is 10.6. The van der Waals surface area contributed by atoms with Crippen molar-refractivity contribution in [3.8, 4) is 5.75 Å². The van der Waals surface area contributed by atoms with Gasteiger partial charge in [-0.3, -0.25) is 4.79 Å². The second-order valence-corrected chi connectivity index (χ2v) is 7.52. The quantitative estimate of drug-likeness (QED) is 0.230. The Morgan fingerprint density at radius 1 is 1.10 bits per heavy atom. The number of allylic oxidation sites excluding steroid dienone is 4. The maximum atomic E-state index is 10.6. The molecule has 0 amide bonds. The highest BCUT2D eigenvalue weighted by Gasteiger charge is 2.18. The van der Waals surface area contributed by atoms with Crippen LogP contribution in [0.5, 0.6) is 5.75 Å². The first-order valence-electron chi connectivity index (χ1n) is 10.6. The van der Waals surface area contributed by atoms with E-state index in [2.05, 4.69) is 34.9 Å². The number of hydrogen-bond acceptors (Lipinski definition) is 5. The van der Waals surface area contributed by atoms with Gasteiger partial charge in [-0.25, -0.2) is 0 Å². The van der Waals surface area contributed by atoms with Crippen molar-refractivity contribution in [1.29, 1.82) is 0 Å². The molecule has 0 saturated heterocycles. The Kier molecular flexibility index (Phi) is 9.59. The molecular formula is C26H33N3O2. The van der Waals surface area contributed by atoms with E-state index in [1.165, 1.54) is 24.0 Å². The van der Waals surface area contributed by atoms with Crippen LogP contribution in [-0.4, -0.2) is 24.5 Å². The third-order valence-corrected chi connectivity index (χ3v) is 4.97. The van der Waals surface area contributed by atoms with Crippen molar-refractivity contribution >= 4 is 12.0 Å². The van der Waals surface area contributed by atoms with Gasteiger partial charge in [-0.05, 0) is 74.2 Å². The standard InChI is InChI=1S/C16H20N2O2.C10H13N/c1-3-6-14(10-13(17)9-12(2)11-19)18-15-7-4-5-8-16(15)20;1-11-10-6-8-4-2-3-5-9(8)7-10/h4-11,18,20H,3,17H2,1-2H3;2-5,10-11H,6-7H2,1H3/b12-9+,13-10+,14-6-;. The van der Waals surface area contributed by atoms with Gasteiger partial charge in [0.05, 0.1) is 5.69 Å². The molecule has 0 fully saturated rings. The van der Waals surface area contributed by atoms with Gasteiger partial charge in [0.1, 0.15) is 12.0 Å². The van der Waals surface area contributed by atoms with E-state index in [9.17, 15) is 9.90 Å². The summed E-state index contributed by atoms with van der Waals surface area (Å²) in [5.41, 5.74) is 11.3. The fourth-order valence-corrected chi connectivity index (χ4v) is 3.38. The van der Waals surface area contributed by atoms with Crippen LogP contribution in [0.3, 0.4) is 0 Å². The fourth-order valence-electron chi connectivity index (χ4n) is 3.38. The van der Waals surface area contributed by atoms with Crippen LogP contribution in [0.25, 0.3) is 0 Å². The number of carbonyl (C=O) groups excluding carboxylic acids is 1. The Morgan fingerprint density at radius 2 is 1.71 bits per heavy atom. The zero-order chi connectivity index (χ0) is 22.6. The number of para-hydroxylation sites is 2. The number of benzene rings is 2. The number of rotatable bonds is 7. The first-order valence-corrected chi connectivity index (χ1v) is 10.6. The summed E-state index contributed by atoms with van der Waals surface area (Å²) in [6, 6.07) is 16.3. The molecule has 1 aliphatic carbocycles. The molecule has 164 valence electrons. The zero-order valence-corrected chi connectivity index (χ0v) is 18.6. The molecule has 0 spiro atoms. The van der Waals surface area contributed by atoms with Crippen LogP contribution in [0.2, 0.25) is 0 Å². The fraction of sp³-hybridized carbons (Fsp3) is 0.269. The van der Waals surface area contributed by atoms with Crippen LogP contribution in [0.4, 0.5) is 5.69 Å². The normalized spacial score (nSPS) is 14.5. The summed E-state index contributed by atoms with van der Waals surface area (Å²) >= 11 is 0. The largest absolute Gasteiger partial charge is 0.506 e. The Bertz CT molecular complexity index is 936. The van der Waals surface area contributed by atoms with Gasteiger partial charge in [0.15, 0.2) is 0 Å². The number of carbonyl (C=O) groups is 1. The average molecular weight is 420 g/mol. The summed E-state index contributed by atoms with van der Waals surface area (Å²) in [5, 5.41) is 16.2. The van der Waals surface area contributed by atoms with Gasteiger partial charge in [0.2, 0.25) is 0 Å². The molecule has 0 atom stereocenters. The van der Waals surface area contributed by atoms with Crippen LogP contribution in [0.15, 0.2) is 83.7 Å². The number of phenolic OH excluding ortho intramolecular Hbond substituents is 1. The maximum Gasteiger partial charge on any atom is 0.145 e. The van der Waals surface area contributed by atoms with Crippen molar-refractivity contribution in [3.63, 3.8) is 0 Å². The lowest BCUT2D eigenvalue weighted by atomic mass is 10.1. The van der Waals surface area contributed by atoms with E-state index in [1.807, 2.05) is 26.1 Å². The molecule has 0 unspecified atom stereocenters. The number of hydrogen-bond donors (Lipinski definition) is 4. The smallest absolute Gasteiger partial charge is 0.145 e. The minimum Gasteiger partial charge on any atom is -0.506 e. The molecule has 1 aliphatic rings. The molecule has 5 nitrogen and oxygen atoms in total. The van der Waals surface area contributed by atoms with Gasteiger partial charge < -0.3 is 21.5 Å². The van der Waals surface area contributed by atoms with Crippen molar-refractivity contribution < 1.29 is 9.90 Å². The van der Waals surface area contributed by atoms with E-state index in [0.29, 0.717) is 23.0 Å². The number of nitrogens with two attached hydrogens (primary N) is 1. The van der Waals surface area contributed by atoms with Crippen LogP contribution in [0, 0.1) is 0 Å². The van der Waals surface area contributed by atoms with Gasteiger partial charge in [0, 0.05) is 17.4 Å². The molecular weight excluding hydrogens is 386 g/mol. The number of anilines is 1. The monoisotopic (exact) mass is 419 g/mol. The highest BCUT2D eigenvalue weighted by atomic mass is 16.3. The molecule has 3 rings (SSSR count). The Balaban J connectivity index is 0.000000258. The summed E-state index contributed by atoms with van der Waals surface area (Å²) < 4.78 is 0. The molecule has 0 heterocycles. The Morgan fingerprint density at radius 3 is 2.26 bits per heavy atom. The SMILES string of the molecule is CC/C=C(/C=C(N)\C=C(/C)C=O)Nc1ccccc1O.CNC1Cc2ccccc2C1. The summed E-state index contributed by atoms with van der Waals surface area (Å²) in [6.07, 6.45) is 9.24. The zero-order valence-electron chi connectivity index (χ0n) is 18.6. The topological polar surface area (TPSA) is 87.4 Å². The number of phenols is 1. The van der Waals surface area contributed by atoms with E-state index >= 15 is 0 Å². The van der Waals surface area contributed by atoms with Crippen molar-refractivity contribution in [2.75, 3.05) is 12.4 Å². The predicted molar refractivity (Wildman–Crippen MR) is 129 cm³/mol. The van der Waals surface area contributed by atoms with Crippen LogP contribution in [0.1, 0.15) is 31.4 Å². The number of aldehydes is 1. The molecule has 0 saturated carbocycles. The van der Waals surface area contributed by atoms with Crippen LogP contribution in [-0.2, 0) is 17.6 Å². The van der Waals surface area contributed by atoms with Crippen LogP contribution < -0.4 is 16.4 Å². The average Bonchev–Trinajstić information content (AvgIpc) is 3.19. The van der Waals surface area contributed by atoms with Gasteiger partial charge in [-0.1, -0.05) is 49.4 Å². The lowest BCUT2D eigenvalue weighted by molar-refractivity contribution is -0.104. The minimum absolute atomic E-state index is 0.168. The van der Waals surface area contributed by atoms with Gasteiger partial charge in [-0.2, -0.15) is 0 Å². The van der Waals surface area contributed by atoms with Crippen molar-refractivity contribution in [1.82, 2.24) is 5.32 Å². The Labute approximate surface area is 185 Å². The lowest BCUT2D eigenvalue weighted by Gasteiger charge is -2.09. The van der Waals surface area contributed by atoms with E-state index in [4.69, 9.17) is 5.73 Å². The molecule has 2 aromatic rings. The van der Waals surface area contributed by atoms with Gasteiger partial charge >= 0.3 is 0 Å². The minimum atomic E-state index is 0.168. The van der Waals surface area contributed by atoms with E-state index in [0.717, 1.165) is 18.4 Å². The van der Waals surface area contributed by atoms with Crippen molar-refractivity contribution in [2.45, 2.75) is 39.2 Å². The van der Waals surface area contributed by atoms with Gasteiger partial charge in [0.25, 0.3) is 0 Å². The highest BCUT2D eigenvalue weighted by molar-refractivity contribution is 5.73. The number of nitrogens with one attached hydrogen (secondary N) is 2. The summed E-state index contributed by atoms with van der Waals surface area (Å²) in [6.45, 7) is 3.69. The van der Waals surface area contributed by atoms with Crippen molar-refractivity contribution in [3.05, 3.63) is 94.9 Å². The molecule has 0 aliphatic heterocycles. The summed E-state index contributed by atoms with van der Waals surface area (Å²) in [7, 11) is 2.04. The summed E-state index contributed by atoms with van der Waals surface area (Å²) in [4.78, 5) is 10.6. The number of likely N-dealkylation sites (N-methyl/N-ethyl adjacent to an activating group) is 1. The third kappa shape index (κ3) is 7.79. The van der Waals surface area contributed by atoms with Crippen molar-refractivity contribution in [2.24, 2.45) is 5.73 Å². The first-order chi connectivity index (χ1) is 15.0. The second kappa shape index (κ2) is 12.4. The number of fused-ring (bicyclic) bond motifs is 1. The molecule has 5 N–H and O–H groups in total. The lowest BCUT2D eigenvalue weighted by Crippen LogP contribution is -2.24. The highest BCUT2D eigenvalue weighted by Crippen LogP contribution is 2.24. The van der Waals surface area contributed by atoms with Crippen LogP contribution >= 0.6 is 0 Å². The molecule has 0 aromatic heterocycles. The Hall–Kier alpha value is -3.31. The molecule has 31 heavy (non-hydrogen) atoms. The predicted octanol–water partition coefficient (Wildman–Crippen LogP) is 4.46. The second-order valence-electron chi connectivity index (χ2n) is 7.52. The number of aromatic hydroxyl groups is 1. The van der Waals surface area contributed by atoms with Gasteiger partial charge in [-0.15, -0.1) is 0 Å². The third-order valence-electron chi connectivity index (χ3n) is 4.97. The molecule has 2 aromatic carbocycles. The molecule has 0 bridgehead atoms. The first kappa shape index (κ1) is 24.0. The van der Waals surface area contributed by atoms with E-state index in [1.54, 1.807) is 37.3 Å².